The molecule has 0 saturated carbocycles. The van der Waals surface area contributed by atoms with Crippen molar-refractivity contribution in [3.05, 3.63) is 42.0 Å². The summed E-state index contributed by atoms with van der Waals surface area (Å²) in [7, 11) is 0. The number of hydrogen-bond acceptors (Lipinski definition) is 3. The number of aromatic hydroxyl groups is 1. The van der Waals surface area contributed by atoms with Gasteiger partial charge in [-0.2, -0.15) is 0 Å². The smallest absolute Gasteiger partial charge is 0.234 e. The largest absolute Gasteiger partial charge is 0.507 e. The average Bonchev–Trinajstić information content (AvgIpc) is 2.45. The number of phenolic OH excluding ortho intramolecular Hbond substituents is 1. The van der Waals surface area contributed by atoms with Crippen LogP contribution in [0.1, 0.15) is 32.4 Å². The summed E-state index contributed by atoms with van der Waals surface area (Å²) in [6.07, 6.45) is 0. The summed E-state index contributed by atoms with van der Waals surface area (Å²) in [6, 6.07) is 11.6. The number of hydrogen-bond donors (Lipinski definition) is 3. The van der Waals surface area contributed by atoms with Crippen molar-refractivity contribution in [1.82, 2.24) is 10.6 Å². The Kier molecular flexibility index (Phi) is 4.81. The Bertz CT molecular complexity index is 638. The summed E-state index contributed by atoms with van der Waals surface area (Å²) in [5, 5.41) is 18.2. The van der Waals surface area contributed by atoms with Gasteiger partial charge in [-0.15, -0.1) is 0 Å². The van der Waals surface area contributed by atoms with Gasteiger partial charge in [0.25, 0.3) is 0 Å². The zero-order valence-electron chi connectivity index (χ0n) is 12.7. The molecule has 3 N–H and O–H groups in total. The lowest BCUT2D eigenvalue weighted by atomic mass is 10.0. The third kappa shape index (κ3) is 3.73. The SMILES string of the molecule is CC(C)NC(=O)CNC(C)c1ccc2ccccc2c1O. The number of carbonyl (C=O) groups excluding carboxylic acids is 1. The molecule has 0 fully saturated rings. The average molecular weight is 286 g/mol. The van der Waals surface area contributed by atoms with Crippen molar-refractivity contribution in [3.63, 3.8) is 0 Å². The summed E-state index contributed by atoms with van der Waals surface area (Å²) in [6.45, 7) is 6.02. The molecule has 0 spiro atoms. The summed E-state index contributed by atoms with van der Waals surface area (Å²) >= 11 is 0. The molecule has 1 unspecified atom stereocenters. The lowest BCUT2D eigenvalue weighted by molar-refractivity contribution is -0.120. The molecule has 1 atom stereocenters. The molecule has 21 heavy (non-hydrogen) atoms. The van der Waals surface area contributed by atoms with E-state index in [9.17, 15) is 9.90 Å². The molecule has 0 radical (unpaired) electrons. The van der Waals surface area contributed by atoms with Gasteiger partial charge in [-0.05, 0) is 26.2 Å². The van der Waals surface area contributed by atoms with Crippen molar-refractivity contribution in [2.75, 3.05) is 6.54 Å². The minimum absolute atomic E-state index is 0.0443. The molecule has 0 aliphatic heterocycles. The van der Waals surface area contributed by atoms with E-state index in [-0.39, 0.29) is 30.3 Å². The molecule has 2 aromatic carbocycles. The van der Waals surface area contributed by atoms with Crippen LogP contribution in [-0.2, 0) is 4.79 Å². The highest BCUT2D eigenvalue weighted by atomic mass is 16.3. The molecule has 0 heterocycles. The molecule has 112 valence electrons. The van der Waals surface area contributed by atoms with Gasteiger partial charge in [0, 0.05) is 23.0 Å². The van der Waals surface area contributed by atoms with Crippen LogP contribution in [-0.4, -0.2) is 23.6 Å². The minimum Gasteiger partial charge on any atom is -0.507 e. The number of amides is 1. The van der Waals surface area contributed by atoms with E-state index in [2.05, 4.69) is 10.6 Å². The first-order valence-corrected chi connectivity index (χ1v) is 7.22. The van der Waals surface area contributed by atoms with Crippen molar-refractivity contribution in [2.24, 2.45) is 0 Å². The van der Waals surface area contributed by atoms with E-state index in [4.69, 9.17) is 0 Å². The number of carbonyl (C=O) groups is 1. The van der Waals surface area contributed by atoms with Gasteiger partial charge in [-0.25, -0.2) is 0 Å². The standard InChI is InChI=1S/C17H22N2O2/c1-11(2)19-16(20)10-18-12(3)14-9-8-13-6-4-5-7-15(13)17(14)21/h4-9,11-12,18,21H,10H2,1-3H3,(H,19,20). The Labute approximate surface area is 125 Å². The molecule has 2 rings (SSSR count). The van der Waals surface area contributed by atoms with Crippen molar-refractivity contribution < 1.29 is 9.90 Å². The summed E-state index contributed by atoms with van der Waals surface area (Å²) in [5.41, 5.74) is 0.797. The third-order valence-electron chi connectivity index (χ3n) is 3.42. The predicted octanol–water partition coefficient (Wildman–Crippen LogP) is 2.72. The number of benzene rings is 2. The van der Waals surface area contributed by atoms with Crippen molar-refractivity contribution in [3.8, 4) is 5.75 Å². The summed E-state index contributed by atoms with van der Waals surface area (Å²) in [4.78, 5) is 11.7. The number of rotatable bonds is 5. The van der Waals surface area contributed by atoms with Gasteiger partial charge in [-0.1, -0.05) is 36.4 Å². The highest BCUT2D eigenvalue weighted by Crippen LogP contribution is 2.32. The fourth-order valence-electron chi connectivity index (χ4n) is 2.35. The summed E-state index contributed by atoms with van der Waals surface area (Å²) in [5.74, 6) is 0.231. The van der Waals surface area contributed by atoms with Gasteiger partial charge in [0.1, 0.15) is 5.75 Å². The quantitative estimate of drug-likeness (QED) is 0.792. The van der Waals surface area contributed by atoms with Gasteiger partial charge in [0.2, 0.25) is 5.91 Å². The Hall–Kier alpha value is -2.07. The normalized spacial score (nSPS) is 12.6. The van der Waals surface area contributed by atoms with E-state index in [0.29, 0.717) is 0 Å². The van der Waals surface area contributed by atoms with Crippen LogP contribution >= 0.6 is 0 Å². The van der Waals surface area contributed by atoms with Gasteiger partial charge in [-0.3, -0.25) is 4.79 Å². The molecule has 0 aliphatic rings. The van der Waals surface area contributed by atoms with E-state index in [1.807, 2.05) is 57.2 Å². The summed E-state index contributed by atoms with van der Waals surface area (Å²) < 4.78 is 0. The Morgan fingerprint density at radius 2 is 1.86 bits per heavy atom. The van der Waals surface area contributed by atoms with Crippen LogP contribution in [0.5, 0.6) is 5.75 Å². The fourth-order valence-corrected chi connectivity index (χ4v) is 2.35. The zero-order chi connectivity index (χ0) is 15.4. The van der Waals surface area contributed by atoms with Crippen LogP contribution < -0.4 is 10.6 Å². The van der Waals surface area contributed by atoms with Crippen molar-refractivity contribution in [1.29, 1.82) is 0 Å². The second-order valence-corrected chi connectivity index (χ2v) is 5.55. The molecule has 0 saturated heterocycles. The van der Waals surface area contributed by atoms with Crippen LogP contribution in [0.2, 0.25) is 0 Å². The maximum absolute atomic E-state index is 11.7. The second-order valence-electron chi connectivity index (χ2n) is 5.55. The van der Waals surface area contributed by atoms with E-state index < -0.39 is 0 Å². The maximum Gasteiger partial charge on any atom is 0.234 e. The molecule has 2 aromatic rings. The van der Waals surface area contributed by atoms with E-state index in [1.165, 1.54) is 0 Å². The van der Waals surface area contributed by atoms with Crippen LogP contribution in [0, 0.1) is 0 Å². The highest BCUT2D eigenvalue weighted by molar-refractivity contribution is 5.89. The third-order valence-corrected chi connectivity index (χ3v) is 3.42. The van der Waals surface area contributed by atoms with Crippen molar-refractivity contribution >= 4 is 16.7 Å². The maximum atomic E-state index is 11.7. The Balaban J connectivity index is 2.11. The van der Waals surface area contributed by atoms with E-state index >= 15 is 0 Å². The second kappa shape index (κ2) is 6.59. The minimum atomic E-state index is -0.104. The molecular weight excluding hydrogens is 264 g/mol. The number of phenols is 1. The molecule has 4 nitrogen and oxygen atoms in total. The molecule has 0 aromatic heterocycles. The zero-order valence-corrected chi connectivity index (χ0v) is 12.7. The molecule has 0 bridgehead atoms. The Morgan fingerprint density at radius 3 is 2.57 bits per heavy atom. The number of fused-ring (bicyclic) bond motifs is 1. The van der Waals surface area contributed by atoms with Crippen LogP contribution in [0.25, 0.3) is 10.8 Å². The van der Waals surface area contributed by atoms with E-state index in [1.54, 1.807) is 0 Å². The van der Waals surface area contributed by atoms with Gasteiger partial charge >= 0.3 is 0 Å². The predicted molar refractivity (Wildman–Crippen MR) is 85.3 cm³/mol. The molecule has 4 heteroatoms. The van der Waals surface area contributed by atoms with Gasteiger partial charge in [0.15, 0.2) is 0 Å². The van der Waals surface area contributed by atoms with Gasteiger partial charge < -0.3 is 15.7 Å². The molecule has 1 amide bonds. The first-order chi connectivity index (χ1) is 9.99. The monoisotopic (exact) mass is 286 g/mol. The number of nitrogens with one attached hydrogen (secondary N) is 2. The fraction of sp³-hybridized carbons (Fsp3) is 0.353. The first-order valence-electron chi connectivity index (χ1n) is 7.22. The topological polar surface area (TPSA) is 61.4 Å². The first kappa shape index (κ1) is 15.3. The lowest BCUT2D eigenvalue weighted by Gasteiger charge is -2.17. The van der Waals surface area contributed by atoms with Crippen molar-refractivity contribution in [2.45, 2.75) is 32.9 Å². The highest BCUT2D eigenvalue weighted by Gasteiger charge is 2.13. The van der Waals surface area contributed by atoms with Crippen LogP contribution in [0.3, 0.4) is 0 Å². The lowest BCUT2D eigenvalue weighted by Crippen LogP contribution is -2.38. The Morgan fingerprint density at radius 1 is 1.14 bits per heavy atom. The molecule has 0 aliphatic carbocycles. The van der Waals surface area contributed by atoms with Crippen LogP contribution in [0.15, 0.2) is 36.4 Å². The molecular formula is C17H22N2O2. The van der Waals surface area contributed by atoms with Crippen LogP contribution in [0.4, 0.5) is 0 Å². The van der Waals surface area contributed by atoms with E-state index in [0.717, 1.165) is 16.3 Å². The van der Waals surface area contributed by atoms with Gasteiger partial charge in [0.05, 0.1) is 6.54 Å².